The number of aliphatic hydroxyl groups is 1. The van der Waals surface area contributed by atoms with E-state index < -0.39 is 29.5 Å². The molecule has 1 saturated heterocycles. The first-order chi connectivity index (χ1) is 16.5. The van der Waals surface area contributed by atoms with Crippen LogP contribution in [0.5, 0.6) is 0 Å². The molecule has 34 heavy (non-hydrogen) atoms. The second kappa shape index (κ2) is 9.44. The van der Waals surface area contributed by atoms with E-state index in [1.165, 1.54) is 36.7 Å². The predicted molar refractivity (Wildman–Crippen MR) is 122 cm³/mol. The third kappa shape index (κ3) is 4.24. The zero-order chi connectivity index (χ0) is 23.7. The van der Waals surface area contributed by atoms with Crippen LogP contribution in [0.1, 0.15) is 54.1 Å². The lowest BCUT2D eigenvalue weighted by Gasteiger charge is -2.43. The zero-order valence-corrected chi connectivity index (χ0v) is 18.4. The molecular weight excluding hydrogens is 439 g/mol. The molecule has 8 nitrogen and oxygen atoms in total. The summed E-state index contributed by atoms with van der Waals surface area (Å²) in [4.78, 5) is 30.1. The lowest BCUT2D eigenvalue weighted by molar-refractivity contribution is -0.151. The fourth-order valence-electron chi connectivity index (χ4n) is 4.96. The number of nitrogens with one attached hydrogen (secondary N) is 1. The van der Waals surface area contributed by atoms with Crippen molar-refractivity contribution in [1.29, 1.82) is 0 Å². The third-order valence-electron chi connectivity index (χ3n) is 6.66. The van der Waals surface area contributed by atoms with Crippen molar-refractivity contribution in [2.24, 2.45) is 5.92 Å². The second-order valence-corrected chi connectivity index (χ2v) is 8.74. The van der Waals surface area contributed by atoms with Gasteiger partial charge in [0.05, 0.1) is 30.2 Å². The Balaban J connectivity index is 1.41. The second-order valence-electron chi connectivity index (χ2n) is 8.74. The lowest BCUT2D eigenvalue weighted by Crippen LogP contribution is -2.43. The third-order valence-corrected chi connectivity index (χ3v) is 6.66. The number of para-hydroxylation sites is 1. The van der Waals surface area contributed by atoms with Crippen LogP contribution in [-0.4, -0.2) is 38.0 Å². The van der Waals surface area contributed by atoms with Gasteiger partial charge in [0.2, 0.25) is 0 Å². The summed E-state index contributed by atoms with van der Waals surface area (Å²) in [6, 6.07) is 8.75. The topological polar surface area (TPSA) is 106 Å². The predicted octanol–water partition coefficient (Wildman–Crippen LogP) is 3.40. The number of carbonyl (C=O) groups is 1. The summed E-state index contributed by atoms with van der Waals surface area (Å²) in [6.45, 7) is 0. The maximum atomic E-state index is 14.2. The number of carbonyl (C=O) groups excluding carboxylic acids is 1. The van der Waals surface area contributed by atoms with Crippen LogP contribution in [0.4, 0.5) is 10.1 Å². The summed E-state index contributed by atoms with van der Waals surface area (Å²) in [7, 11) is 0. The van der Waals surface area contributed by atoms with Crippen molar-refractivity contribution in [1.82, 2.24) is 14.8 Å². The number of anilines is 1. The minimum absolute atomic E-state index is 0.0209. The molecule has 1 aliphatic carbocycles. The van der Waals surface area contributed by atoms with Crippen molar-refractivity contribution in [3.8, 4) is 5.69 Å². The number of ether oxygens (including phenoxy) is 1. The molecule has 1 aliphatic heterocycles. The molecule has 2 aromatic heterocycles. The smallest absolute Gasteiger partial charge is 0.284 e. The van der Waals surface area contributed by atoms with Crippen LogP contribution in [0.15, 0.2) is 59.8 Å². The van der Waals surface area contributed by atoms with Crippen LogP contribution in [0.25, 0.3) is 5.69 Å². The molecule has 176 valence electrons. The maximum absolute atomic E-state index is 14.2. The first-order valence-electron chi connectivity index (χ1n) is 11.4. The fraction of sp³-hybridized carbons (Fsp3) is 0.360. The van der Waals surface area contributed by atoms with Crippen LogP contribution >= 0.6 is 0 Å². The highest BCUT2D eigenvalue weighted by Crippen LogP contribution is 2.42. The minimum atomic E-state index is -0.745. The molecule has 0 bridgehead atoms. The number of aliphatic hydroxyl groups excluding tert-OH is 1. The van der Waals surface area contributed by atoms with Crippen LogP contribution in [0.2, 0.25) is 0 Å². The first kappa shape index (κ1) is 22.4. The molecule has 4 atom stereocenters. The highest BCUT2D eigenvalue weighted by atomic mass is 19.1. The average Bonchev–Trinajstić information content (AvgIpc) is 2.85. The summed E-state index contributed by atoms with van der Waals surface area (Å²) in [6.07, 6.45) is 7.90. The molecule has 4 unspecified atom stereocenters. The summed E-state index contributed by atoms with van der Waals surface area (Å²) < 4.78 is 21.4. The number of pyridine rings is 1. The largest absolute Gasteiger partial charge is 0.393 e. The zero-order valence-electron chi connectivity index (χ0n) is 18.4. The highest BCUT2D eigenvalue weighted by Gasteiger charge is 2.40. The number of hydrogen-bond acceptors (Lipinski definition) is 6. The van der Waals surface area contributed by atoms with Gasteiger partial charge in [0.1, 0.15) is 17.1 Å². The van der Waals surface area contributed by atoms with Gasteiger partial charge in [-0.25, -0.2) is 4.39 Å². The number of amides is 1. The molecule has 1 amide bonds. The van der Waals surface area contributed by atoms with Gasteiger partial charge in [-0.3, -0.25) is 14.6 Å². The Hall–Kier alpha value is -3.43. The number of benzene rings is 1. The molecule has 3 heterocycles. The molecule has 9 heteroatoms. The van der Waals surface area contributed by atoms with E-state index >= 15 is 0 Å². The van der Waals surface area contributed by atoms with Gasteiger partial charge in [-0.15, -0.1) is 0 Å². The van der Waals surface area contributed by atoms with Crippen LogP contribution in [-0.2, 0) is 4.74 Å². The maximum Gasteiger partial charge on any atom is 0.284 e. The van der Waals surface area contributed by atoms with Crippen molar-refractivity contribution in [3.05, 3.63) is 82.3 Å². The first-order valence-corrected chi connectivity index (χ1v) is 11.4. The molecule has 1 aromatic carbocycles. The summed E-state index contributed by atoms with van der Waals surface area (Å²) in [5.74, 6) is -1.16. The van der Waals surface area contributed by atoms with Gasteiger partial charge in [0.15, 0.2) is 0 Å². The van der Waals surface area contributed by atoms with Gasteiger partial charge < -0.3 is 15.2 Å². The Bertz CT molecular complexity index is 1260. The molecule has 0 spiro atoms. The molecule has 5 rings (SSSR count). The Morgan fingerprint density at radius 2 is 1.97 bits per heavy atom. The number of aromatic nitrogens is 3. The van der Waals surface area contributed by atoms with Gasteiger partial charge in [-0.05, 0) is 37.1 Å². The van der Waals surface area contributed by atoms with Crippen LogP contribution in [0.3, 0.4) is 0 Å². The Labute approximate surface area is 195 Å². The summed E-state index contributed by atoms with van der Waals surface area (Å²) in [5, 5.41) is 17.4. The molecule has 1 saturated carbocycles. The van der Waals surface area contributed by atoms with Crippen molar-refractivity contribution in [2.75, 3.05) is 5.32 Å². The van der Waals surface area contributed by atoms with Crippen molar-refractivity contribution < 1.29 is 19.0 Å². The number of halogens is 1. The number of rotatable bonds is 4. The van der Waals surface area contributed by atoms with Gasteiger partial charge in [-0.1, -0.05) is 25.0 Å². The quantitative estimate of drug-likeness (QED) is 0.613. The Morgan fingerprint density at radius 3 is 2.82 bits per heavy atom. The summed E-state index contributed by atoms with van der Waals surface area (Å²) in [5.41, 5.74) is 0.105. The minimum Gasteiger partial charge on any atom is -0.393 e. The van der Waals surface area contributed by atoms with E-state index in [0.717, 1.165) is 30.4 Å². The standard InChI is InChI=1S/C25H25FN4O4/c26-18-6-2-3-7-20(18)30-25(33)17(10-12-28-30)24(32)29-19-14-27-11-9-15(19)23-13-21(31)16-5-1-4-8-22(16)34-23/h2-3,6-7,9-12,14,16,21-23,31H,1,4-5,8,13H2,(H,29,32). The number of hydrogen-bond donors (Lipinski definition) is 2. The van der Waals surface area contributed by atoms with Gasteiger partial charge in [-0.2, -0.15) is 9.78 Å². The van der Waals surface area contributed by atoms with Gasteiger partial charge >= 0.3 is 0 Å². The van der Waals surface area contributed by atoms with E-state index in [-0.39, 0.29) is 23.3 Å². The average molecular weight is 464 g/mol. The van der Waals surface area contributed by atoms with Gasteiger partial charge in [0.25, 0.3) is 11.5 Å². The van der Waals surface area contributed by atoms with Crippen molar-refractivity contribution in [3.63, 3.8) is 0 Å². The van der Waals surface area contributed by atoms with Crippen molar-refractivity contribution in [2.45, 2.75) is 50.4 Å². The molecule has 3 aromatic rings. The van der Waals surface area contributed by atoms with E-state index in [4.69, 9.17) is 4.74 Å². The molecule has 2 aliphatic rings. The van der Waals surface area contributed by atoms with E-state index in [1.807, 2.05) is 0 Å². The van der Waals surface area contributed by atoms with Crippen LogP contribution < -0.4 is 10.9 Å². The van der Waals surface area contributed by atoms with Crippen LogP contribution in [0, 0.1) is 11.7 Å². The SMILES string of the molecule is O=C(Nc1cnccc1C1CC(O)C2CCCCC2O1)c1ccnn(-c2ccccc2F)c1=O. The van der Waals surface area contributed by atoms with E-state index in [0.29, 0.717) is 17.7 Å². The van der Waals surface area contributed by atoms with E-state index in [9.17, 15) is 19.1 Å². The number of fused-ring (bicyclic) bond motifs is 1. The molecule has 0 radical (unpaired) electrons. The normalized spacial score (nSPS) is 24.3. The van der Waals surface area contributed by atoms with E-state index in [1.54, 1.807) is 18.3 Å². The summed E-state index contributed by atoms with van der Waals surface area (Å²) >= 11 is 0. The molecule has 2 fully saturated rings. The van der Waals surface area contributed by atoms with Crippen molar-refractivity contribution >= 4 is 11.6 Å². The fourth-order valence-corrected chi connectivity index (χ4v) is 4.96. The highest BCUT2D eigenvalue weighted by molar-refractivity contribution is 6.04. The lowest BCUT2D eigenvalue weighted by atomic mass is 9.78. The Morgan fingerprint density at radius 1 is 1.15 bits per heavy atom. The van der Waals surface area contributed by atoms with E-state index in [2.05, 4.69) is 15.4 Å². The Kier molecular flexibility index (Phi) is 6.21. The molecular formula is C25H25FN4O4. The molecule has 2 N–H and O–H groups in total. The number of nitrogens with zero attached hydrogens (tertiary/aromatic N) is 3. The monoisotopic (exact) mass is 464 g/mol. The van der Waals surface area contributed by atoms with Gasteiger partial charge in [0, 0.05) is 30.3 Å².